The molecule has 0 spiro atoms. The summed E-state index contributed by atoms with van der Waals surface area (Å²) >= 11 is 0. The molecule has 0 saturated heterocycles. The summed E-state index contributed by atoms with van der Waals surface area (Å²) in [6.07, 6.45) is 1.92. The molecular weight excluding hydrogens is 238 g/mol. The van der Waals surface area contributed by atoms with E-state index in [0.29, 0.717) is 11.1 Å². The molecule has 0 unspecified atom stereocenters. The second kappa shape index (κ2) is 4.28. The summed E-state index contributed by atoms with van der Waals surface area (Å²) in [5.74, 6) is -0.143. The maximum atomic E-state index is 12.5. The topological polar surface area (TPSA) is 42.2 Å². The van der Waals surface area contributed by atoms with Gasteiger partial charge in [0.05, 0.1) is 5.56 Å². The zero-order chi connectivity index (χ0) is 13.4. The third-order valence-electron chi connectivity index (χ3n) is 3.32. The lowest BCUT2D eigenvalue weighted by Crippen LogP contribution is -2.02. The molecule has 0 saturated carbocycles. The number of aryl methyl sites for hydroxylation is 1. The zero-order valence-electron chi connectivity index (χ0n) is 10.5. The average Bonchev–Trinajstić information content (AvgIpc) is 2.80. The SMILES string of the molecule is Cn1ccc2c(C(=O)c3ccccc3O)cccc21. The van der Waals surface area contributed by atoms with Crippen molar-refractivity contribution in [2.45, 2.75) is 0 Å². The van der Waals surface area contributed by atoms with Gasteiger partial charge in [-0.15, -0.1) is 0 Å². The first kappa shape index (κ1) is 11.5. The highest BCUT2D eigenvalue weighted by Gasteiger charge is 2.16. The number of fused-ring (bicyclic) bond motifs is 1. The summed E-state index contributed by atoms with van der Waals surface area (Å²) in [7, 11) is 1.94. The number of hydrogen-bond acceptors (Lipinski definition) is 2. The second-order valence-electron chi connectivity index (χ2n) is 4.51. The molecule has 1 aromatic heterocycles. The first-order valence-corrected chi connectivity index (χ1v) is 6.05. The Morgan fingerprint density at radius 1 is 1.00 bits per heavy atom. The quantitative estimate of drug-likeness (QED) is 0.711. The minimum Gasteiger partial charge on any atom is -0.507 e. The fourth-order valence-corrected chi connectivity index (χ4v) is 2.31. The lowest BCUT2D eigenvalue weighted by Gasteiger charge is -2.05. The number of carbonyl (C=O) groups excluding carboxylic acids is 1. The van der Waals surface area contributed by atoms with Crippen LogP contribution in [0.3, 0.4) is 0 Å². The molecule has 0 amide bonds. The van der Waals surface area contributed by atoms with E-state index >= 15 is 0 Å². The Bertz CT molecular complexity index is 771. The number of benzene rings is 2. The van der Waals surface area contributed by atoms with Gasteiger partial charge in [0.15, 0.2) is 5.78 Å². The smallest absolute Gasteiger partial charge is 0.197 e. The first-order chi connectivity index (χ1) is 9.18. The summed E-state index contributed by atoms with van der Waals surface area (Å²) in [4.78, 5) is 12.5. The van der Waals surface area contributed by atoms with E-state index in [0.717, 1.165) is 10.9 Å². The van der Waals surface area contributed by atoms with Gasteiger partial charge >= 0.3 is 0 Å². The molecule has 3 rings (SSSR count). The summed E-state index contributed by atoms with van der Waals surface area (Å²) in [5, 5.41) is 10.7. The summed E-state index contributed by atoms with van der Waals surface area (Å²) in [6.45, 7) is 0. The number of phenolic OH excluding ortho intramolecular Hbond substituents is 1. The number of nitrogens with zero attached hydrogens (tertiary/aromatic N) is 1. The highest BCUT2D eigenvalue weighted by atomic mass is 16.3. The monoisotopic (exact) mass is 251 g/mol. The van der Waals surface area contributed by atoms with Crippen LogP contribution in [-0.2, 0) is 7.05 Å². The maximum absolute atomic E-state index is 12.5. The van der Waals surface area contributed by atoms with Crippen molar-refractivity contribution in [1.82, 2.24) is 4.57 Å². The van der Waals surface area contributed by atoms with Gasteiger partial charge in [0.1, 0.15) is 5.75 Å². The predicted molar refractivity (Wildman–Crippen MR) is 74.5 cm³/mol. The number of hydrogen-bond donors (Lipinski definition) is 1. The Morgan fingerprint density at radius 2 is 1.74 bits per heavy atom. The van der Waals surface area contributed by atoms with E-state index in [1.54, 1.807) is 24.3 Å². The number of para-hydroxylation sites is 1. The lowest BCUT2D eigenvalue weighted by atomic mass is 9.99. The van der Waals surface area contributed by atoms with Crippen molar-refractivity contribution in [2.24, 2.45) is 7.05 Å². The lowest BCUT2D eigenvalue weighted by molar-refractivity contribution is 0.103. The van der Waals surface area contributed by atoms with Crippen molar-refractivity contribution in [3.05, 3.63) is 65.9 Å². The number of aromatic hydroxyl groups is 1. The van der Waals surface area contributed by atoms with Crippen LogP contribution >= 0.6 is 0 Å². The van der Waals surface area contributed by atoms with Crippen LogP contribution in [0.4, 0.5) is 0 Å². The van der Waals surface area contributed by atoms with Gasteiger partial charge in [-0.25, -0.2) is 0 Å². The summed E-state index contributed by atoms with van der Waals surface area (Å²) in [6, 6.07) is 14.2. The number of phenols is 1. The third kappa shape index (κ3) is 1.80. The van der Waals surface area contributed by atoms with E-state index in [-0.39, 0.29) is 11.5 Å². The minimum atomic E-state index is -0.157. The van der Waals surface area contributed by atoms with Crippen LogP contribution in [0.1, 0.15) is 15.9 Å². The predicted octanol–water partition coefficient (Wildman–Crippen LogP) is 3.11. The molecule has 19 heavy (non-hydrogen) atoms. The van der Waals surface area contributed by atoms with E-state index in [9.17, 15) is 9.90 Å². The van der Waals surface area contributed by atoms with Gasteiger partial charge in [0.2, 0.25) is 0 Å². The van der Waals surface area contributed by atoms with Crippen molar-refractivity contribution in [1.29, 1.82) is 0 Å². The molecule has 0 aliphatic heterocycles. The molecule has 0 bridgehead atoms. The molecule has 0 fully saturated rings. The number of carbonyl (C=O) groups is 1. The normalized spacial score (nSPS) is 10.8. The Labute approximate surface area is 110 Å². The number of rotatable bonds is 2. The molecule has 0 radical (unpaired) electrons. The van der Waals surface area contributed by atoms with Gasteiger partial charge in [-0.3, -0.25) is 4.79 Å². The van der Waals surface area contributed by atoms with E-state index in [1.807, 2.05) is 36.0 Å². The van der Waals surface area contributed by atoms with Gasteiger partial charge in [-0.2, -0.15) is 0 Å². The second-order valence-corrected chi connectivity index (χ2v) is 4.51. The van der Waals surface area contributed by atoms with Crippen LogP contribution in [0, 0.1) is 0 Å². The largest absolute Gasteiger partial charge is 0.507 e. The molecule has 94 valence electrons. The maximum Gasteiger partial charge on any atom is 0.197 e. The minimum absolute atomic E-state index is 0.0143. The third-order valence-corrected chi connectivity index (χ3v) is 3.32. The van der Waals surface area contributed by atoms with Crippen molar-refractivity contribution in [3.63, 3.8) is 0 Å². The molecule has 0 aliphatic carbocycles. The molecule has 0 aliphatic rings. The summed E-state index contributed by atoms with van der Waals surface area (Å²) < 4.78 is 1.97. The molecule has 3 aromatic rings. The van der Waals surface area contributed by atoms with Crippen LogP contribution in [-0.4, -0.2) is 15.5 Å². The van der Waals surface area contributed by atoms with Gasteiger partial charge in [-0.1, -0.05) is 24.3 Å². The van der Waals surface area contributed by atoms with Gasteiger partial charge in [0, 0.05) is 29.7 Å². The zero-order valence-corrected chi connectivity index (χ0v) is 10.5. The van der Waals surface area contributed by atoms with E-state index in [2.05, 4.69) is 0 Å². The van der Waals surface area contributed by atoms with Crippen molar-refractivity contribution >= 4 is 16.7 Å². The van der Waals surface area contributed by atoms with Gasteiger partial charge in [-0.05, 0) is 24.3 Å². The van der Waals surface area contributed by atoms with Crippen LogP contribution < -0.4 is 0 Å². The molecule has 3 nitrogen and oxygen atoms in total. The van der Waals surface area contributed by atoms with Crippen molar-refractivity contribution in [3.8, 4) is 5.75 Å². The fraction of sp³-hybridized carbons (Fsp3) is 0.0625. The van der Waals surface area contributed by atoms with Crippen molar-refractivity contribution in [2.75, 3.05) is 0 Å². The van der Waals surface area contributed by atoms with Crippen molar-refractivity contribution < 1.29 is 9.90 Å². The highest BCUT2D eigenvalue weighted by Crippen LogP contribution is 2.25. The number of aromatic nitrogens is 1. The fourth-order valence-electron chi connectivity index (χ4n) is 2.31. The molecule has 0 atom stereocenters. The first-order valence-electron chi connectivity index (χ1n) is 6.05. The van der Waals surface area contributed by atoms with E-state index in [1.165, 1.54) is 6.07 Å². The van der Waals surface area contributed by atoms with Crippen LogP contribution in [0.5, 0.6) is 5.75 Å². The Kier molecular flexibility index (Phi) is 2.60. The van der Waals surface area contributed by atoms with E-state index < -0.39 is 0 Å². The summed E-state index contributed by atoms with van der Waals surface area (Å²) in [5.41, 5.74) is 1.94. The average molecular weight is 251 g/mol. The molecule has 1 heterocycles. The standard InChI is InChI=1S/C16H13NO2/c1-17-10-9-11-12(6-4-7-14(11)17)16(19)13-5-2-3-8-15(13)18/h2-10,18H,1H3. The Morgan fingerprint density at radius 3 is 2.53 bits per heavy atom. The van der Waals surface area contributed by atoms with Gasteiger partial charge in [0.25, 0.3) is 0 Å². The number of ketones is 1. The van der Waals surface area contributed by atoms with Crippen LogP contribution in [0.15, 0.2) is 54.7 Å². The molecular formula is C16H13NO2. The van der Waals surface area contributed by atoms with Crippen LogP contribution in [0.25, 0.3) is 10.9 Å². The molecule has 1 N–H and O–H groups in total. The Hall–Kier alpha value is -2.55. The highest BCUT2D eigenvalue weighted by molar-refractivity contribution is 6.17. The van der Waals surface area contributed by atoms with E-state index in [4.69, 9.17) is 0 Å². The van der Waals surface area contributed by atoms with Gasteiger partial charge < -0.3 is 9.67 Å². The van der Waals surface area contributed by atoms with Crippen LogP contribution in [0.2, 0.25) is 0 Å². The Balaban J connectivity index is 2.20. The molecule has 2 aromatic carbocycles. The molecule has 3 heteroatoms.